The van der Waals surface area contributed by atoms with E-state index >= 15 is 0 Å². The highest BCUT2D eigenvalue weighted by Gasteiger charge is 2.16. The van der Waals surface area contributed by atoms with Crippen LogP contribution in [0.25, 0.3) is 0 Å². The van der Waals surface area contributed by atoms with E-state index < -0.39 is 5.91 Å². The maximum absolute atomic E-state index is 13.7. The molecule has 0 aliphatic heterocycles. The Morgan fingerprint density at radius 1 is 1.08 bits per heavy atom. The molecule has 0 spiro atoms. The van der Waals surface area contributed by atoms with Gasteiger partial charge in [0.15, 0.2) is 5.82 Å². The van der Waals surface area contributed by atoms with Crippen molar-refractivity contribution in [3.05, 3.63) is 80.7 Å². The van der Waals surface area contributed by atoms with E-state index in [-0.39, 0.29) is 38.8 Å². The van der Waals surface area contributed by atoms with Crippen molar-refractivity contribution in [1.82, 2.24) is 9.78 Å². The summed E-state index contributed by atoms with van der Waals surface area (Å²) in [5, 5.41) is 7.39. The third kappa shape index (κ3) is 3.95. The van der Waals surface area contributed by atoms with E-state index in [9.17, 15) is 9.18 Å². The molecule has 1 heterocycles. The molecular weight excluding hydrogens is 388 g/mol. The molecule has 0 aliphatic rings. The van der Waals surface area contributed by atoms with Crippen LogP contribution in [0.3, 0.4) is 0 Å². The van der Waals surface area contributed by atoms with Crippen LogP contribution in [0.5, 0.6) is 0 Å². The van der Waals surface area contributed by atoms with Gasteiger partial charge in [-0.05, 0) is 18.2 Å². The molecule has 0 saturated carbocycles. The molecule has 2 aromatic carbocycles. The lowest BCUT2D eigenvalue weighted by atomic mass is 10.2. The summed E-state index contributed by atoms with van der Waals surface area (Å²) < 4.78 is 15.2. The Kier molecular flexibility index (Phi) is 5.27. The fourth-order valence-electron chi connectivity index (χ4n) is 2.22. The van der Waals surface area contributed by atoms with Crippen molar-refractivity contribution in [1.29, 1.82) is 0 Å². The predicted molar refractivity (Wildman–Crippen MR) is 97.2 cm³/mol. The van der Waals surface area contributed by atoms with Gasteiger partial charge in [0.1, 0.15) is 10.8 Å². The quantitative estimate of drug-likeness (QED) is 0.649. The van der Waals surface area contributed by atoms with Crippen molar-refractivity contribution < 1.29 is 9.18 Å². The van der Waals surface area contributed by atoms with Gasteiger partial charge in [-0.15, -0.1) is 0 Å². The van der Waals surface area contributed by atoms with E-state index in [2.05, 4.69) is 10.4 Å². The molecule has 128 valence electrons. The summed E-state index contributed by atoms with van der Waals surface area (Å²) in [6, 6.07) is 11.1. The number of nitrogens with zero attached hydrogens (tertiary/aromatic N) is 2. The van der Waals surface area contributed by atoms with Crippen molar-refractivity contribution in [3.63, 3.8) is 0 Å². The van der Waals surface area contributed by atoms with Gasteiger partial charge in [-0.25, -0.2) is 4.39 Å². The normalized spacial score (nSPS) is 10.7. The molecule has 0 fully saturated rings. The molecule has 3 aromatic rings. The van der Waals surface area contributed by atoms with Crippen LogP contribution >= 0.6 is 34.8 Å². The Hall–Kier alpha value is -2.08. The second kappa shape index (κ2) is 7.44. The van der Waals surface area contributed by atoms with Gasteiger partial charge in [-0.2, -0.15) is 5.10 Å². The number of benzene rings is 2. The van der Waals surface area contributed by atoms with Crippen LogP contribution in [-0.2, 0) is 6.54 Å². The number of carbonyl (C=O) groups excluding carboxylic acids is 1. The summed E-state index contributed by atoms with van der Waals surface area (Å²) in [5.74, 6) is -0.685. The van der Waals surface area contributed by atoms with Gasteiger partial charge in [-0.1, -0.05) is 59.1 Å². The first-order valence-corrected chi connectivity index (χ1v) is 8.31. The van der Waals surface area contributed by atoms with Gasteiger partial charge < -0.3 is 5.32 Å². The highest BCUT2D eigenvalue weighted by molar-refractivity contribution is 6.44. The number of amides is 1. The highest BCUT2D eigenvalue weighted by Crippen LogP contribution is 2.27. The standard InChI is InChI=1S/C17H11Cl3FN3O/c18-12-6-3-5-11(15(12)20)17(25)22-16-13(19)9-24(23-16)8-10-4-1-2-7-14(10)21/h1-7,9H,8H2,(H,22,23,25). The minimum Gasteiger partial charge on any atom is -0.304 e. The van der Waals surface area contributed by atoms with Gasteiger partial charge >= 0.3 is 0 Å². The fourth-order valence-corrected chi connectivity index (χ4v) is 2.80. The van der Waals surface area contributed by atoms with E-state index in [0.717, 1.165) is 0 Å². The maximum atomic E-state index is 13.7. The number of carbonyl (C=O) groups is 1. The number of hydrogen-bond donors (Lipinski definition) is 1. The molecule has 0 aliphatic carbocycles. The summed E-state index contributed by atoms with van der Waals surface area (Å²) in [4.78, 5) is 12.3. The summed E-state index contributed by atoms with van der Waals surface area (Å²) in [6.07, 6.45) is 1.50. The zero-order valence-electron chi connectivity index (χ0n) is 12.6. The molecule has 0 saturated heterocycles. The molecule has 0 atom stereocenters. The van der Waals surface area contributed by atoms with Crippen LogP contribution in [0.2, 0.25) is 15.1 Å². The molecule has 1 N–H and O–H groups in total. The Bertz CT molecular complexity index is 943. The van der Waals surface area contributed by atoms with Gasteiger partial charge in [0, 0.05) is 11.8 Å². The highest BCUT2D eigenvalue weighted by atomic mass is 35.5. The van der Waals surface area contributed by atoms with Crippen LogP contribution in [0, 0.1) is 5.82 Å². The van der Waals surface area contributed by atoms with Crippen molar-refractivity contribution in [2.75, 3.05) is 5.32 Å². The van der Waals surface area contributed by atoms with Crippen LogP contribution in [-0.4, -0.2) is 15.7 Å². The molecule has 1 aromatic heterocycles. The number of rotatable bonds is 4. The Morgan fingerprint density at radius 2 is 1.84 bits per heavy atom. The zero-order chi connectivity index (χ0) is 18.0. The number of nitrogens with one attached hydrogen (secondary N) is 1. The third-order valence-corrected chi connectivity index (χ3v) is 4.53. The first kappa shape index (κ1) is 17.7. The maximum Gasteiger partial charge on any atom is 0.258 e. The van der Waals surface area contributed by atoms with Crippen LogP contribution < -0.4 is 5.32 Å². The summed E-state index contributed by atoms with van der Waals surface area (Å²) in [7, 11) is 0. The van der Waals surface area contributed by atoms with Crippen molar-refractivity contribution >= 4 is 46.5 Å². The molecule has 1 amide bonds. The van der Waals surface area contributed by atoms with Crippen molar-refractivity contribution in [2.24, 2.45) is 0 Å². The zero-order valence-corrected chi connectivity index (χ0v) is 14.9. The largest absolute Gasteiger partial charge is 0.304 e. The molecule has 8 heteroatoms. The lowest BCUT2D eigenvalue weighted by molar-refractivity contribution is 0.102. The molecule has 0 unspecified atom stereocenters. The van der Waals surface area contributed by atoms with Gasteiger partial charge in [0.05, 0.1) is 22.2 Å². The van der Waals surface area contributed by atoms with Gasteiger partial charge in [0.25, 0.3) is 5.91 Å². The minimum atomic E-state index is -0.495. The fraction of sp³-hybridized carbons (Fsp3) is 0.0588. The first-order chi connectivity index (χ1) is 12.0. The predicted octanol–water partition coefficient (Wildman–Crippen LogP) is 5.28. The lowest BCUT2D eigenvalue weighted by Crippen LogP contribution is -2.14. The number of halogens is 4. The van der Waals surface area contributed by atoms with Crippen molar-refractivity contribution in [2.45, 2.75) is 6.54 Å². The Labute approximate surface area is 158 Å². The number of aromatic nitrogens is 2. The van der Waals surface area contributed by atoms with Crippen LogP contribution in [0.15, 0.2) is 48.7 Å². The Balaban J connectivity index is 1.80. The summed E-state index contributed by atoms with van der Waals surface area (Å²) >= 11 is 18.0. The molecule has 25 heavy (non-hydrogen) atoms. The molecule has 4 nitrogen and oxygen atoms in total. The Morgan fingerprint density at radius 3 is 2.60 bits per heavy atom. The monoisotopic (exact) mass is 397 g/mol. The van der Waals surface area contributed by atoms with Gasteiger partial charge in [-0.3, -0.25) is 9.48 Å². The average Bonchev–Trinajstić information content (AvgIpc) is 2.91. The summed E-state index contributed by atoms with van der Waals surface area (Å²) in [5.41, 5.74) is 0.659. The van der Waals surface area contributed by atoms with E-state index in [0.29, 0.717) is 5.56 Å². The van der Waals surface area contributed by atoms with E-state index in [1.165, 1.54) is 23.0 Å². The van der Waals surface area contributed by atoms with Crippen molar-refractivity contribution in [3.8, 4) is 0 Å². The number of hydrogen-bond acceptors (Lipinski definition) is 2. The number of anilines is 1. The molecular formula is C17H11Cl3FN3O. The average molecular weight is 399 g/mol. The molecule has 0 radical (unpaired) electrons. The van der Waals surface area contributed by atoms with E-state index in [1.807, 2.05) is 0 Å². The van der Waals surface area contributed by atoms with Crippen LogP contribution in [0.4, 0.5) is 10.2 Å². The SMILES string of the molecule is O=C(Nc1nn(Cc2ccccc2F)cc1Cl)c1cccc(Cl)c1Cl. The summed E-state index contributed by atoms with van der Waals surface area (Å²) in [6.45, 7) is 0.181. The smallest absolute Gasteiger partial charge is 0.258 e. The molecule has 3 rings (SSSR count). The minimum absolute atomic E-state index is 0.142. The van der Waals surface area contributed by atoms with E-state index in [1.54, 1.807) is 30.3 Å². The molecule has 0 bridgehead atoms. The topological polar surface area (TPSA) is 46.9 Å². The second-order valence-corrected chi connectivity index (χ2v) is 6.36. The van der Waals surface area contributed by atoms with E-state index in [4.69, 9.17) is 34.8 Å². The lowest BCUT2D eigenvalue weighted by Gasteiger charge is -2.06. The first-order valence-electron chi connectivity index (χ1n) is 7.17. The second-order valence-electron chi connectivity index (χ2n) is 5.17. The van der Waals surface area contributed by atoms with Crippen LogP contribution in [0.1, 0.15) is 15.9 Å². The van der Waals surface area contributed by atoms with Gasteiger partial charge in [0.2, 0.25) is 0 Å². The third-order valence-electron chi connectivity index (χ3n) is 3.44.